The average molecular weight is 334 g/mol. The second kappa shape index (κ2) is 8.26. The van der Waals surface area contributed by atoms with Crippen LogP contribution in [0.5, 0.6) is 0 Å². The van der Waals surface area contributed by atoms with E-state index in [0.29, 0.717) is 39.1 Å². The molecule has 24 heavy (non-hydrogen) atoms. The number of benzene rings is 1. The molecule has 2 N–H and O–H groups in total. The number of likely N-dealkylation sites (tertiary alicyclic amines) is 1. The van der Waals surface area contributed by atoms with Crippen molar-refractivity contribution in [1.29, 1.82) is 0 Å². The third kappa shape index (κ3) is 4.79. The number of hydrogen-bond donors (Lipinski definition) is 2. The molecule has 2 rings (SSSR count). The molecule has 6 nitrogen and oxygen atoms in total. The van der Waals surface area contributed by atoms with Crippen molar-refractivity contribution in [2.24, 2.45) is 0 Å². The maximum Gasteiger partial charge on any atom is 0.254 e. The van der Waals surface area contributed by atoms with E-state index < -0.39 is 11.5 Å². The summed E-state index contributed by atoms with van der Waals surface area (Å²) in [5.41, 5.74) is 0.528. The van der Waals surface area contributed by atoms with Crippen molar-refractivity contribution in [3.63, 3.8) is 0 Å². The monoisotopic (exact) mass is 334 g/mol. The molecular weight excluding hydrogens is 308 g/mol. The van der Waals surface area contributed by atoms with Gasteiger partial charge in [0.25, 0.3) is 5.91 Å². The highest BCUT2D eigenvalue weighted by Gasteiger charge is 2.40. The van der Waals surface area contributed by atoms with Gasteiger partial charge >= 0.3 is 0 Å². The Morgan fingerprint density at radius 2 is 1.96 bits per heavy atom. The molecule has 1 aliphatic heterocycles. The smallest absolute Gasteiger partial charge is 0.254 e. The Hall–Kier alpha value is -1.92. The fourth-order valence-electron chi connectivity index (χ4n) is 2.81. The first-order valence-electron chi connectivity index (χ1n) is 8.36. The van der Waals surface area contributed by atoms with E-state index in [4.69, 9.17) is 4.74 Å². The molecule has 2 amide bonds. The minimum absolute atomic E-state index is 0.0570. The van der Waals surface area contributed by atoms with Crippen molar-refractivity contribution in [3.05, 3.63) is 35.4 Å². The summed E-state index contributed by atoms with van der Waals surface area (Å²) in [6.07, 6.45) is 0.992. The van der Waals surface area contributed by atoms with Gasteiger partial charge in [0.05, 0.1) is 13.2 Å². The number of β-amino-alcohol motifs (C(OH)–C–C–N with tert-alkyl or cyclic N) is 1. The molecule has 6 heteroatoms. The van der Waals surface area contributed by atoms with E-state index in [1.165, 1.54) is 11.8 Å². The molecule has 0 spiro atoms. The van der Waals surface area contributed by atoms with E-state index in [2.05, 4.69) is 5.32 Å². The molecule has 1 heterocycles. The van der Waals surface area contributed by atoms with Crippen molar-refractivity contribution < 1.29 is 19.4 Å². The number of aliphatic hydroxyl groups is 1. The fourth-order valence-corrected chi connectivity index (χ4v) is 2.81. The number of carbonyl (C=O) groups is 2. The SMILES string of the molecule is CCOCc1ccc(CNC(=O)[C@]2(O)CCCN(C(C)=O)C2)cc1. The summed E-state index contributed by atoms with van der Waals surface area (Å²) in [7, 11) is 0. The average Bonchev–Trinajstić information content (AvgIpc) is 2.58. The summed E-state index contributed by atoms with van der Waals surface area (Å²) < 4.78 is 5.34. The van der Waals surface area contributed by atoms with Crippen LogP contribution in [0.25, 0.3) is 0 Å². The van der Waals surface area contributed by atoms with Crippen molar-refractivity contribution in [2.45, 2.75) is 45.4 Å². The normalized spacial score (nSPS) is 20.7. The molecule has 1 fully saturated rings. The highest BCUT2D eigenvalue weighted by molar-refractivity contribution is 5.86. The predicted molar refractivity (Wildman–Crippen MR) is 90.1 cm³/mol. The van der Waals surface area contributed by atoms with Crippen LogP contribution < -0.4 is 5.32 Å². The first kappa shape index (κ1) is 18.4. The summed E-state index contributed by atoms with van der Waals surface area (Å²) >= 11 is 0. The summed E-state index contributed by atoms with van der Waals surface area (Å²) in [5, 5.41) is 13.3. The lowest BCUT2D eigenvalue weighted by molar-refractivity contribution is -0.150. The zero-order valence-electron chi connectivity index (χ0n) is 14.4. The Labute approximate surface area is 142 Å². The molecule has 1 atom stereocenters. The van der Waals surface area contributed by atoms with E-state index in [1.54, 1.807) is 0 Å². The lowest BCUT2D eigenvalue weighted by Crippen LogP contribution is -2.57. The molecule has 0 bridgehead atoms. The number of ether oxygens (including phenoxy) is 1. The van der Waals surface area contributed by atoms with Gasteiger partial charge < -0.3 is 20.1 Å². The molecule has 132 valence electrons. The zero-order chi connectivity index (χ0) is 17.6. The minimum Gasteiger partial charge on any atom is -0.378 e. The van der Waals surface area contributed by atoms with Gasteiger partial charge in [-0.05, 0) is 30.9 Å². The first-order valence-corrected chi connectivity index (χ1v) is 8.36. The van der Waals surface area contributed by atoms with Gasteiger partial charge in [0.1, 0.15) is 0 Å². The molecule has 1 aliphatic rings. The molecule has 0 radical (unpaired) electrons. The van der Waals surface area contributed by atoms with Crippen molar-refractivity contribution >= 4 is 11.8 Å². The Kier molecular flexibility index (Phi) is 6.34. The Bertz CT molecular complexity index is 573. The molecule has 0 aliphatic carbocycles. The number of rotatable bonds is 6. The second-order valence-corrected chi connectivity index (χ2v) is 6.21. The highest BCUT2D eigenvalue weighted by atomic mass is 16.5. The standard InChI is InChI=1S/C18H26N2O4/c1-3-24-12-16-7-5-15(6-8-16)11-19-17(22)18(23)9-4-10-20(13-18)14(2)21/h5-8,23H,3-4,9-13H2,1-2H3,(H,19,22)/t18-/m0/s1. The van der Waals surface area contributed by atoms with Gasteiger partial charge in [0, 0.05) is 26.6 Å². The van der Waals surface area contributed by atoms with Crippen LogP contribution in [0.15, 0.2) is 24.3 Å². The third-order valence-corrected chi connectivity index (χ3v) is 4.29. The molecular formula is C18H26N2O4. The summed E-state index contributed by atoms with van der Waals surface area (Å²) in [6.45, 7) is 5.64. The van der Waals surface area contributed by atoms with Crippen molar-refractivity contribution in [3.8, 4) is 0 Å². The molecule has 0 aromatic heterocycles. The number of hydrogen-bond acceptors (Lipinski definition) is 4. The number of piperidine rings is 1. The van der Waals surface area contributed by atoms with Gasteiger partial charge in [-0.25, -0.2) is 0 Å². The van der Waals surface area contributed by atoms with Gasteiger partial charge in [0.15, 0.2) is 5.60 Å². The van der Waals surface area contributed by atoms with Crippen LogP contribution in [0.1, 0.15) is 37.8 Å². The molecule has 1 aromatic carbocycles. The van der Waals surface area contributed by atoms with Crippen LogP contribution >= 0.6 is 0 Å². The van der Waals surface area contributed by atoms with Crippen LogP contribution in [-0.2, 0) is 27.5 Å². The topological polar surface area (TPSA) is 78.9 Å². The van der Waals surface area contributed by atoms with E-state index in [1.807, 2.05) is 31.2 Å². The number of amides is 2. The molecule has 1 saturated heterocycles. The predicted octanol–water partition coefficient (Wildman–Crippen LogP) is 1.21. The Morgan fingerprint density at radius 1 is 1.29 bits per heavy atom. The van der Waals surface area contributed by atoms with E-state index >= 15 is 0 Å². The molecule has 1 aromatic rings. The van der Waals surface area contributed by atoms with Crippen LogP contribution in [-0.4, -0.2) is 47.1 Å². The quantitative estimate of drug-likeness (QED) is 0.820. The van der Waals surface area contributed by atoms with Crippen LogP contribution in [0.3, 0.4) is 0 Å². The summed E-state index contributed by atoms with van der Waals surface area (Å²) in [4.78, 5) is 25.3. The minimum atomic E-state index is -1.50. The summed E-state index contributed by atoms with van der Waals surface area (Å²) in [6, 6.07) is 7.79. The van der Waals surface area contributed by atoms with Gasteiger partial charge in [-0.3, -0.25) is 9.59 Å². The van der Waals surface area contributed by atoms with Crippen LogP contribution in [0.4, 0.5) is 0 Å². The second-order valence-electron chi connectivity index (χ2n) is 6.21. The van der Waals surface area contributed by atoms with Crippen molar-refractivity contribution in [2.75, 3.05) is 19.7 Å². The van der Waals surface area contributed by atoms with Crippen LogP contribution in [0, 0.1) is 0 Å². The summed E-state index contributed by atoms with van der Waals surface area (Å²) in [5.74, 6) is -0.544. The maximum atomic E-state index is 12.4. The Morgan fingerprint density at radius 3 is 2.58 bits per heavy atom. The largest absolute Gasteiger partial charge is 0.378 e. The molecule has 0 saturated carbocycles. The van der Waals surface area contributed by atoms with E-state index in [0.717, 1.165) is 11.1 Å². The van der Waals surface area contributed by atoms with E-state index in [-0.39, 0.29) is 12.5 Å². The lowest BCUT2D eigenvalue weighted by atomic mass is 9.91. The molecule has 0 unspecified atom stereocenters. The number of nitrogens with zero attached hydrogens (tertiary/aromatic N) is 1. The van der Waals surface area contributed by atoms with Crippen LogP contribution in [0.2, 0.25) is 0 Å². The zero-order valence-corrected chi connectivity index (χ0v) is 14.4. The third-order valence-electron chi connectivity index (χ3n) is 4.29. The van der Waals surface area contributed by atoms with Gasteiger partial charge in [-0.2, -0.15) is 0 Å². The highest BCUT2D eigenvalue weighted by Crippen LogP contribution is 2.21. The lowest BCUT2D eigenvalue weighted by Gasteiger charge is -2.37. The Balaban J connectivity index is 1.88. The maximum absolute atomic E-state index is 12.4. The van der Waals surface area contributed by atoms with Gasteiger partial charge in [-0.15, -0.1) is 0 Å². The number of carbonyl (C=O) groups excluding carboxylic acids is 2. The first-order chi connectivity index (χ1) is 11.4. The van der Waals surface area contributed by atoms with Gasteiger partial charge in [-0.1, -0.05) is 24.3 Å². The fraction of sp³-hybridized carbons (Fsp3) is 0.556. The van der Waals surface area contributed by atoms with Crippen molar-refractivity contribution in [1.82, 2.24) is 10.2 Å². The van der Waals surface area contributed by atoms with Gasteiger partial charge in [0.2, 0.25) is 5.91 Å². The van der Waals surface area contributed by atoms with E-state index in [9.17, 15) is 14.7 Å². The number of nitrogens with one attached hydrogen (secondary N) is 1.